The molecule has 1 aromatic carbocycles. The Morgan fingerprint density at radius 2 is 2.31 bits per heavy atom. The van der Waals surface area contributed by atoms with Gasteiger partial charge in [0.1, 0.15) is 5.75 Å². The number of rotatable bonds is 3. The van der Waals surface area contributed by atoms with Crippen LogP contribution in [0.15, 0.2) is 18.2 Å². The van der Waals surface area contributed by atoms with Gasteiger partial charge in [0.25, 0.3) is 5.91 Å². The highest BCUT2D eigenvalue weighted by atomic mass is 16.5. The number of carbonyl (C=O) groups is 1. The van der Waals surface area contributed by atoms with Crippen molar-refractivity contribution in [1.82, 2.24) is 0 Å². The molecule has 1 heterocycles. The molecule has 1 atom stereocenters. The minimum atomic E-state index is -0.0761. The van der Waals surface area contributed by atoms with Crippen LogP contribution in [0.3, 0.4) is 0 Å². The minimum Gasteiger partial charge on any atom is -0.482 e. The minimum absolute atomic E-state index is 0.0761. The van der Waals surface area contributed by atoms with E-state index >= 15 is 0 Å². The first-order valence-corrected chi connectivity index (χ1v) is 5.77. The van der Waals surface area contributed by atoms with Crippen LogP contribution < -0.4 is 10.1 Å². The average Bonchev–Trinajstić information content (AvgIpc) is 2.28. The fourth-order valence-corrected chi connectivity index (χ4v) is 2.01. The number of anilines is 1. The predicted octanol–water partition coefficient (Wildman–Crippen LogP) is 2.92. The SMILES string of the molecule is CCCC(C)c1ccc2c(c1)NC(=O)CO2. The van der Waals surface area contributed by atoms with Crippen LogP contribution in [0.1, 0.15) is 38.2 Å². The summed E-state index contributed by atoms with van der Waals surface area (Å²) in [7, 11) is 0. The Morgan fingerprint density at radius 1 is 1.50 bits per heavy atom. The van der Waals surface area contributed by atoms with E-state index < -0.39 is 0 Å². The first-order chi connectivity index (χ1) is 7.70. The Morgan fingerprint density at radius 3 is 3.06 bits per heavy atom. The number of nitrogens with one attached hydrogen (secondary N) is 1. The van der Waals surface area contributed by atoms with Crippen molar-refractivity contribution in [2.75, 3.05) is 11.9 Å². The van der Waals surface area contributed by atoms with Gasteiger partial charge in [0.05, 0.1) is 5.69 Å². The smallest absolute Gasteiger partial charge is 0.262 e. The Kier molecular flexibility index (Phi) is 3.13. The molecule has 0 bridgehead atoms. The molecule has 0 aliphatic carbocycles. The summed E-state index contributed by atoms with van der Waals surface area (Å²) in [6, 6.07) is 6.04. The average molecular weight is 219 g/mol. The lowest BCUT2D eigenvalue weighted by molar-refractivity contribution is -0.118. The quantitative estimate of drug-likeness (QED) is 0.848. The molecule has 3 nitrogen and oxygen atoms in total. The lowest BCUT2D eigenvalue weighted by Gasteiger charge is -2.20. The normalized spacial score (nSPS) is 16.0. The molecule has 2 rings (SSSR count). The molecule has 0 radical (unpaired) electrons. The van der Waals surface area contributed by atoms with E-state index in [1.165, 1.54) is 12.0 Å². The first-order valence-electron chi connectivity index (χ1n) is 5.77. The molecular formula is C13H17NO2. The van der Waals surface area contributed by atoms with E-state index in [1.54, 1.807) is 0 Å². The fourth-order valence-electron chi connectivity index (χ4n) is 2.01. The Labute approximate surface area is 95.8 Å². The zero-order valence-electron chi connectivity index (χ0n) is 9.75. The standard InChI is InChI=1S/C13H17NO2/c1-3-4-9(2)10-5-6-12-11(7-10)14-13(15)8-16-12/h5-7,9H,3-4,8H2,1-2H3,(H,14,15). The monoisotopic (exact) mass is 219 g/mol. The van der Waals surface area contributed by atoms with Crippen LogP contribution >= 0.6 is 0 Å². The number of fused-ring (bicyclic) bond motifs is 1. The van der Waals surface area contributed by atoms with Gasteiger partial charge in [0, 0.05) is 0 Å². The van der Waals surface area contributed by atoms with Crippen molar-refractivity contribution in [1.29, 1.82) is 0 Å². The van der Waals surface area contributed by atoms with Crippen molar-refractivity contribution >= 4 is 11.6 Å². The second-order valence-electron chi connectivity index (χ2n) is 4.28. The molecule has 0 aromatic heterocycles. The molecule has 1 aliphatic heterocycles. The number of hydrogen-bond acceptors (Lipinski definition) is 2. The molecule has 0 saturated heterocycles. The molecule has 1 aliphatic rings. The third kappa shape index (κ3) is 2.18. The van der Waals surface area contributed by atoms with Crippen LogP contribution in [0.5, 0.6) is 5.75 Å². The highest BCUT2D eigenvalue weighted by Crippen LogP contribution is 2.32. The zero-order valence-corrected chi connectivity index (χ0v) is 9.75. The van der Waals surface area contributed by atoms with E-state index in [4.69, 9.17) is 4.74 Å². The fraction of sp³-hybridized carbons (Fsp3) is 0.462. The van der Waals surface area contributed by atoms with Crippen LogP contribution in [0.4, 0.5) is 5.69 Å². The summed E-state index contributed by atoms with van der Waals surface area (Å²) in [6.07, 6.45) is 2.33. The van der Waals surface area contributed by atoms with Gasteiger partial charge >= 0.3 is 0 Å². The number of amides is 1. The van der Waals surface area contributed by atoms with Crippen LogP contribution in [0.2, 0.25) is 0 Å². The molecule has 0 fully saturated rings. The van der Waals surface area contributed by atoms with Crippen molar-refractivity contribution in [3.63, 3.8) is 0 Å². The van der Waals surface area contributed by atoms with Gasteiger partial charge in [-0.2, -0.15) is 0 Å². The molecule has 1 N–H and O–H groups in total. The molecule has 0 spiro atoms. The van der Waals surface area contributed by atoms with E-state index in [0.717, 1.165) is 17.9 Å². The van der Waals surface area contributed by atoms with Crippen molar-refractivity contribution < 1.29 is 9.53 Å². The molecule has 3 heteroatoms. The summed E-state index contributed by atoms with van der Waals surface area (Å²) in [4.78, 5) is 11.2. The highest BCUT2D eigenvalue weighted by Gasteiger charge is 2.17. The maximum Gasteiger partial charge on any atom is 0.262 e. The van der Waals surface area contributed by atoms with Gasteiger partial charge in [-0.1, -0.05) is 26.3 Å². The number of benzene rings is 1. The third-order valence-corrected chi connectivity index (χ3v) is 2.93. The van der Waals surface area contributed by atoms with E-state index in [-0.39, 0.29) is 12.5 Å². The largest absolute Gasteiger partial charge is 0.482 e. The number of hydrogen-bond donors (Lipinski definition) is 1. The van der Waals surface area contributed by atoms with Gasteiger partial charge < -0.3 is 10.1 Å². The molecule has 1 aromatic rings. The summed E-state index contributed by atoms with van der Waals surface area (Å²) < 4.78 is 5.32. The summed E-state index contributed by atoms with van der Waals surface area (Å²) in [5.74, 6) is 1.22. The maximum absolute atomic E-state index is 11.2. The number of carbonyl (C=O) groups excluding carboxylic acids is 1. The van der Waals surface area contributed by atoms with Gasteiger partial charge in [0.2, 0.25) is 0 Å². The lowest BCUT2D eigenvalue weighted by atomic mass is 9.96. The molecule has 0 saturated carbocycles. The van der Waals surface area contributed by atoms with E-state index in [2.05, 4.69) is 25.2 Å². The van der Waals surface area contributed by atoms with Crippen molar-refractivity contribution in [3.8, 4) is 5.75 Å². The van der Waals surface area contributed by atoms with Gasteiger partial charge in [0.15, 0.2) is 6.61 Å². The molecule has 16 heavy (non-hydrogen) atoms. The van der Waals surface area contributed by atoms with Gasteiger partial charge in [-0.15, -0.1) is 0 Å². The first kappa shape index (κ1) is 11.0. The molecule has 1 amide bonds. The predicted molar refractivity (Wildman–Crippen MR) is 63.9 cm³/mol. The second kappa shape index (κ2) is 4.56. The van der Waals surface area contributed by atoms with Gasteiger partial charge in [-0.05, 0) is 30.0 Å². The van der Waals surface area contributed by atoms with Gasteiger partial charge in [-0.3, -0.25) is 4.79 Å². The molecular weight excluding hydrogens is 202 g/mol. The Balaban J connectivity index is 2.24. The Hall–Kier alpha value is -1.51. The van der Waals surface area contributed by atoms with E-state index in [9.17, 15) is 4.79 Å². The van der Waals surface area contributed by atoms with Crippen molar-refractivity contribution in [2.24, 2.45) is 0 Å². The molecule has 86 valence electrons. The highest BCUT2D eigenvalue weighted by molar-refractivity contribution is 5.95. The summed E-state index contributed by atoms with van der Waals surface area (Å²) in [5.41, 5.74) is 2.06. The van der Waals surface area contributed by atoms with Crippen molar-refractivity contribution in [3.05, 3.63) is 23.8 Å². The second-order valence-corrected chi connectivity index (χ2v) is 4.28. The topological polar surface area (TPSA) is 38.3 Å². The summed E-state index contributed by atoms with van der Waals surface area (Å²) >= 11 is 0. The third-order valence-electron chi connectivity index (χ3n) is 2.93. The summed E-state index contributed by atoms with van der Waals surface area (Å²) in [5, 5.41) is 2.83. The van der Waals surface area contributed by atoms with Gasteiger partial charge in [-0.25, -0.2) is 0 Å². The van der Waals surface area contributed by atoms with Crippen LogP contribution in [0, 0.1) is 0 Å². The van der Waals surface area contributed by atoms with Crippen LogP contribution in [-0.2, 0) is 4.79 Å². The summed E-state index contributed by atoms with van der Waals surface area (Å²) in [6.45, 7) is 4.51. The molecule has 1 unspecified atom stereocenters. The van der Waals surface area contributed by atoms with E-state index in [1.807, 2.05) is 12.1 Å². The zero-order chi connectivity index (χ0) is 11.5. The van der Waals surface area contributed by atoms with Crippen LogP contribution in [0.25, 0.3) is 0 Å². The lowest BCUT2D eigenvalue weighted by Crippen LogP contribution is -2.25. The number of ether oxygens (including phenoxy) is 1. The van der Waals surface area contributed by atoms with E-state index in [0.29, 0.717) is 5.92 Å². The van der Waals surface area contributed by atoms with Crippen molar-refractivity contribution in [2.45, 2.75) is 32.6 Å². The van der Waals surface area contributed by atoms with Crippen LogP contribution in [-0.4, -0.2) is 12.5 Å². The Bertz CT molecular complexity index is 401. The maximum atomic E-state index is 11.2.